The summed E-state index contributed by atoms with van der Waals surface area (Å²) in [6.45, 7) is 0. The highest BCUT2D eigenvalue weighted by Crippen LogP contribution is 2.52. The van der Waals surface area contributed by atoms with E-state index in [0.717, 1.165) is 25.7 Å². The summed E-state index contributed by atoms with van der Waals surface area (Å²) in [6, 6.07) is 5.17. The predicted molar refractivity (Wildman–Crippen MR) is 71.4 cm³/mol. The summed E-state index contributed by atoms with van der Waals surface area (Å²) >= 11 is 12.0. The molecule has 0 aromatic heterocycles. The zero-order valence-electron chi connectivity index (χ0n) is 9.92. The second-order valence-corrected chi connectivity index (χ2v) is 6.02. The molecule has 1 aromatic carbocycles. The number of hydrogen-bond donors (Lipinski definition) is 0. The Morgan fingerprint density at radius 2 is 1.94 bits per heavy atom. The molecule has 0 saturated heterocycles. The first kappa shape index (κ1) is 12.3. The molecule has 0 amide bonds. The molecule has 2 fully saturated rings. The number of ether oxygens (including phenoxy) is 1. The van der Waals surface area contributed by atoms with Gasteiger partial charge in [-0.3, -0.25) is 4.79 Å². The molecule has 0 aliphatic heterocycles. The van der Waals surface area contributed by atoms with E-state index in [4.69, 9.17) is 27.9 Å². The smallest absolute Gasteiger partial charge is 0.146 e. The van der Waals surface area contributed by atoms with Crippen molar-refractivity contribution in [3.63, 3.8) is 0 Å². The van der Waals surface area contributed by atoms with Crippen molar-refractivity contribution < 1.29 is 9.53 Å². The molecular weight excluding hydrogens is 271 g/mol. The largest absolute Gasteiger partial charge is 0.487 e. The van der Waals surface area contributed by atoms with Crippen LogP contribution in [0.25, 0.3) is 0 Å². The highest BCUT2D eigenvalue weighted by atomic mass is 35.5. The molecule has 18 heavy (non-hydrogen) atoms. The van der Waals surface area contributed by atoms with Gasteiger partial charge in [-0.25, -0.2) is 0 Å². The molecule has 1 aromatic rings. The van der Waals surface area contributed by atoms with E-state index in [9.17, 15) is 4.79 Å². The lowest BCUT2D eigenvalue weighted by molar-refractivity contribution is -0.151. The minimum Gasteiger partial charge on any atom is -0.487 e. The fourth-order valence-electron chi connectivity index (χ4n) is 3.10. The van der Waals surface area contributed by atoms with E-state index in [2.05, 4.69) is 0 Å². The van der Waals surface area contributed by atoms with Crippen molar-refractivity contribution in [1.29, 1.82) is 0 Å². The number of halogens is 2. The molecule has 4 heteroatoms. The molecule has 0 N–H and O–H groups in total. The van der Waals surface area contributed by atoms with Gasteiger partial charge in [0.05, 0.1) is 10.4 Å². The van der Waals surface area contributed by atoms with Gasteiger partial charge in [0.25, 0.3) is 0 Å². The lowest BCUT2D eigenvalue weighted by Crippen LogP contribution is -2.55. The first-order valence-electron chi connectivity index (χ1n) is 6.27. The third-order valence-corrected chi connectivity index (χ3v) is 4.75. The quantitative estimate of drug-likeness (QED) is 0.811. The molecule has 0 radical (unpaired) electrons. The van der Waals surface area contributed by atoms with Crippen LogP contribution in [0.1, 0.15) is 32.1 Å². The Labute approximate surface area is 116 Å². The van der Waals surface area contributed by atoms with Crippen LogP contribution >= 0.6 is 23.2 Å². The average Bonchev–Trinajstić information content (AvgIpc) is 2.85. The summed E-state index contributed by atoms with van der Waals surface area (Å²) in [5.41, 5.74) is -0.231. The molecule has 0 bridgehead atoms. The number of carbonyl (C=O) groups is 1. The van der Waals surface area contributed by atoms with E-state index in [1.165, 1.54) is 0 Å². The standard InChI is InChI=1S/C14H14Cl2O2/c15-9-3-4-10(16)11(7-9)18-13-8-12(17)14(13)5-1-2-6-14/h3-4,7,13H,1-2,5-6,8H2. The van der Waals surface area contributed by atoms with Crippen molar-refractivity contribution in [1.82, 2.24) is 0 Å². The molecule has 2 nitrogen and oxygen atoms in total. The third-order valence-electron chi connectivity index (χ3n) is 4.20. The van der Waals surface area contributed by atoms with Gasteiger partial charge >= 0.3 is 0 Å². The molecule has 3 rings (SSSR count). The van der Waals surface area contributed by atoms with E-state index >= 15 is 0 Å². The van der Waals surface area contributed by atoms with Crippen molar-refractivity contribution in [2.45, 2.75) is 38.2 Å². The molecule has 1 atom stereocenters. The Kier molecular flexibility index (Phi) is 3.03. The summed E-state index contributed by atoms with van der Waals surface area (Å²) in [6.07, 6.45) is 4.62. The SMILES string of the molecule is O=C1CC(Oc2cc(Cl)ccc2Cl)C12CCCC2. The summed E-state index contributed by atoms with van der Waals surface area (Å²) in [5, 5.41) is 1.15. The van der Waals surface area contributed by atoms with Crippen LogP contribution in [-0.2, 0) is 4.79 Å². The van der Waals surface area contributed by atoms with Gasteiger partial charge in [0.15, 0.2) is 0 Å². The Bertz CT molecular complexity index is 493. The third kappa shape index (κ3) is 1.83. The van der Waals surface area contributed by atoms with Crippen molar-refractivity contribution in [2.24, 2.45) is 5.41 Å². The summed E-state index contributed by atoms with van der Waals surface area (Å²) in [4.78, 5) is 11.9. The number of ketones is 1. The van der Waals surface area contributed by atoms with Gasteiger partial charge in [0.2, 0.25) is 0 Å². The normalized spacial score (nSPS) is 25.2. The Balaban J connectivity index is 1.81. The molecule has 2 saturated carbocycles. The van der Waals surface area contributed by atoms with Crippen LogP contribution in [0, 0.1) is 5.41 Å². The van der Waals surface area contributed by atoms with Crippen LogP contribution in [0.15, 0.2) is 18.2 Å². The van der Waals surface area contributed by atoms with Crippen LogP contribution in [0.3, 0.4) is 0 Å². The average molecular weight is 285 g/mol. The second-order valence-electron chi connectivity index (χ2n) is 5.17. The number of hydrogen-bond acceptors (Lipinski definition) is 2. The number of rotatable bonds is 2. The highest BCUT2D eigenvalue weighted by molar-refractivity contribution is 6.34. The first-order valence-corrected chi connectivity index (χ1v) is 7.02. The van der Waals surface area contributed by atoms with E-state index in [-0.39, 0.29) is 11.5 Å². The Morgan fingerprint density at radius 1 is 1.22 bits per heavy atom. The molecule has 1 unspecified atom stereocenters. The van der Waals surface area contributed by atoms with Crippen molar-refractivity contribution in [2.75, 3.05) is 0 Å². The maximum atomic E-state index is 11.9. The zero-order valence-corrected chi connectivity index (χ0v) is 11.4. The maximum absolute atomic E-state index is 11.9. The van der Waals surface area contributed by atoms with Crippen LogP contribution in [0.5, 0.6) is 5.75 Å². The molecule has 2 aliphatic rings. The summed E-state index contributed by atoms with van der Waals surface area (Å²) in [5.74, 6) is 0.941. The van der Waals surface area contributed by atoms with Crippen LogP contribution < -0.4 is 4.74 Å². The van der Waals surface area contributed by atoms with Gasteiger partial charge in [-0.05, 0) is 25.0 Å². The van der Waals surface area contributed by atoms with Gasteiger partial charge in [-0.2, -0.15) is 0 Å². The highest BCUT2D eigenvalue weighted by Gasteiger charge is 2.57. The van der Waals surface area contributed by atoms with E-state index in [1.807, 2.05) is 0 Å². The van der Waals surface area contributed by atoms with Crippen LogP contribution in [0.4, 0.5) is 0 Å². The monoisotopic (exact) mass is 284 g/mol. The molecule has 2 aliphatic carbocycles. The maximum Gasteiger partial charge on any atom is 0.146 e. The molecule has 0 heterocycles. The van der Waals surface area contributed by atoms with Crippen LogP contribution in [-0.4, -0.2) is 11.9 Å². The van der Waals surface area contributed by atoms with Crippen LogP contribution in [0.2, 0.25) is 10.0 Å². The summed E-state index contributed by atoms with van der Waals surface area (Å²) in [7, 11) is 0. The molecule has 96 valence electrons. The number of Topliss-reactive ketones (excluding diaryl/α,β-unsaturated/α-hetero) is 1. The fourth-order valence-corrected chi connectivity index (χ4v) is 3.42. The minimum absolute atomic E-state index is 0.0246. The van der Waals surface area contributed by atoms with Crippen molar-refractivity contribution in [3.8, 4) is 5.75 Å². The van der Waals surface area contributed by atoms with Crippen molar-refractivity contribution in [3.05, 3.63) is 28.2 Å². The van der Waals surface area contributed by atoms with Gasteiger partial charge in [-0.1, -0.05) is 36.0 Å². The topological polar surface area (TPSA) is 26.3 Å². The Morgan fingerprint density at radius 3 is 2.61 bits per heavy atom. The lowest BCUT2D eigenvalue weighted by Gasteiger charge is -2.44. The predicted octanol–water partition coefficient (Wildman–Crippen LogP) is 4.27. The molecular formula is C14H14Cl2O2. The first-order chi connectivity index (χ1) is 8.62. The molecule has 1 spiro atoms. The van der Waals surface area contributed by atoms with E-state index in [0.29, 0.717) is 28.0 Å². The second kappa shape index (κ2) is 4.43. The zero-order chi connectivity index (χ0) is 12.8. The van der Waals surface area contributed by atoms with Gasteiger partial charge in [-0.15, -0.1) is 0 Å². The van der Waals surface area contributed by atoms with Gasteiger partial charge in [0.1, 0.15) is 17.6 Å². The van der Waals surface area contributed by atoms with E-state index < -0.39 is 0 Å². The van der Waals surface area contributed by atoms with Crippen molar-refractivity contribution >= 4 is 29.0 Å². The van der Waals surface area contributed by atoms with Gasteiger partial charge in [0, 0.05) is 17.5 Å². The lowest BCUT2D eigenvalue weighted by atomic mass is 9.63. The fraction of sp³-hybridized carbons (Fsp3) is 0.500. The minimum atomic E-state index is -0.231. The summed E-state index contributed by atoms with van der Waals surface area (Å²) < 4.78 is 5.93. The Hall–Kier alpha value is -0.730. The number of benzene rings is 1. The number of carbonyl (C=O) groups excluding carboxylic acids is 1. The van der Waals surface area contributed by atoms with Gasteiger partial charge < -0.3 is 4.74 Å². The van der Waals surface area contributed by atoms with E-state index in [1.54, 1.807) is 18.2 Å².